The van der Waals surface area contributed by atoms with Gasteiger partial charge in [0.1, 0.15) is 5.82 Å². The molecule has 0 radical (unpaired) electrons. The van der Waals surface area contributed by atoms with Gasteiger partial charge in [-0.25, -0.2) is 4.98 Å². The van der Waals surface area contributed by atoms with Crippen molar-refractivity contribution in [2.45, 2.75) is 26.3 Å². The molecule has 0 unspecified atom stereocenters. The first kappa shape index (κ1) is 21.1. The van der Waals surface area contributed by atoms with Gasteiger partial charge in [0, 0.05) is 30.6 Å². The molecule has 9 heteroatoms. The molecule has 0 atom stereocenters. The van der Waals surface area contributed by atoms with E-state index >= 15 is 0 Å². The minimum absolute atomic E-state index is 0.00133. The molecule has 3 aromatic rings. The zero-order valence-electron chi connectivity index (χ0n) is 17.1. The number of hydrogen-bond acceptors (Lipinski definition) is 5. The zero-order valence-corrected chi connectivity index (χ0v) is 17.9. The van der Waals surface area contributed by atoms with Crippen LogP contribution < -0.4 is 5.56 Å². The quantitative estimate of drug-likeness (QED) is 0.654. The Bertz CT molecular complexity index is 1150. The van der Waals surface area contributed by atoms with Crippen LogP contribution >= 0.6 is 11.6 Å². The maximum Gasteiger partial charge on any atom is 0.289 e. The number of furan rings is 1. The van der Waals surface area contributed by atoms with Crippen LogP contribution in [0, 0.1) is 5.92 Å². The molecule has 0 saturated carbocycles. The molecular formula is C22H23ClN4O4. The second-order valence-corrected chi connectivity index (χ2v) is 8.01. The maximum absolute atomic E-state index is 13.1. The summed E-state index contributed by atoms with van der Waals surface area (Å²) in [5.41, 5.74) is 0.240. The van der Waals surface area contributed by atoms with E-state index in [-0.39, 0.29) is 29.8 Å². The van der Waals surface area contributed by atoms with E-state index in [4.69, 9.17) is 16.0 Å². The maximum atomic E-state index is 13.1. The molecule has 4 rings (SSSR count). The van der Waals surface area contributed by atoms with Gasteiger partial charge in [0.15, 0.2) is 5.76 Å². The van der Waals surface area contributed by atoms with E-state index in [1.165, 1.54) is 6.26 Å². The summed E-state index contributed by atoms with van der Waals surface area (Å²) < 4.78 is 5.18. The Morgan fingerprint density at radius 3 is 2.74 bits per heavy atom. The van der Waals surface area contributed by atoms with Crippen molar-refractivity contribution in [1.82, 2.24) is 19.8 Å². The van der Waals surface area contributed by atoms with Crippen LogP contribution in [0.5, 0.6) is 0 Å². The van der Waals surface area contributed by atoms with Gasteiger partial charge in [-0.2, -0.15) is 0 Å². The summed E-state index contributed by atoms with van der Waals surface area (Å²) in [5.74, 6) is 0.398. The zero-order chi connectivity index (χ0) is 22.0. The Balaban J connectivity index is 1.43. The number of H-pyrrole nitrogens is 1. The van der Waals surface area contributed by atoms with Gasteiger partial charge in [-0.05, 0) is 50.1 Å². The number of fused-ring (bicyclic) bond motifs is 1. The Kier molecular flexibility index (Phi) is 6.08. The summed E-state index contributed by atoms with van der Waals surface area (Å²) in [4.78, 5) is 48.5. The van der Waals surface area contributed by atoms with E-state index in [1.54, 1.807) is 40.1 Å². The standard InChI is InChI=1S/C22H23ClN4O4/c1-2-26(13-19-24-17-12-15(23)5-6-16(17)20(28)25-19)21(29)14-7-9-27(10-8-14)22(30)18-4-3-11-31-18/h3-6,11-12,14H,2,7-10,13H2,1H3,(H,24,25,28). The van der Waals surface area contributed by atoms with Gasteiger partial charge in [-0.1, -0.05) is 11.6 Å². The van der Waals surface area contributed by atoms with Gasteiger partial charge in [0.2, 0.25) is 5.91 Å². The molecular weight excluding hydrogens is 420 g/mol. The van der Waals surface area contributed by atoms with Crippen molar-refractivity contribution in [2.24, 2.45) is 5.92 Å². The van der Waals surface area contributed by atoms with Crippen LogP contribution in [0.3, 0.4) is 0 Å². The van der Waals surface area contributed by atoms with Gasteiger partial charge in [0.25, 0.3) is 11.5 Å². The van der Waals surface area contributed by atoms with E-state index in [0.717, 1.165) is 0 Å². The van der Waals surface area contributed by atoms with E-state index < -0.39 is 0 Å². The molecule has 1 fully saturated rings. The smallest absolute Gasteiger partial charge is 0.289 e. The third kappa shape index (κ3) is 4.49. The summed E-state index contributed by atoms with van der Waals surface area (Å²) in [5, 5.41) is 0.951. The Hall–Kier alpha value is -3.13. The molecule has 1 aliphatic heterocycles. The van der Waals surface area contributed by atoms with E-state index in [9.17, 15) is 14.4 Å². The lowest BCUT2D eigenvalue weighted by Gasteiger charge is -2.33. The molecule has 0 bridgehead atoms. The lowest BCUT2D eigenvalue weighted by molar-refractivity contribution is -0.137. The van der Waals surface area contributed by atoms with Gasteiger partial charge in [-0.3, -0.25) is 14.4 Å². The number of carbonyl (C=O) groups is 2. The Labute approximate surface area is 183 Å². The van der Waals surface area contributed by atoms with Crippen molar-refractivity contribution < 1.29 is 14.0 Å². The highest BCUT2D eigenvalue weighted by Gasteiger charge is 2.31. The first-order valence-electron chi connectivity index (χ1n) is 10.3. The first-order valence-corrected chi connectivity index (χ1v) is 10.6. The normalized spacial score (nSPS) is 14.7. The topological polar surface area (TPSA) is 99.5 Å². The summed E-state index contributed by atoms with van der Waals surface area (Å²) >= 11 is 6.02. The van der Waals surface area contributed by atoms with Crippen LogP contribution in [0.25, 0.3) is 10.9 Å². The number of halogens is 1. The average molecular weight is 443 g/mol. The number of likely N-dealkylation sites (tertiary alicyclic amines) is 1. The molecule has 1 saturated heterocycles. The van der Waals surface area contributed by atoms with Crippen LogP contribution in [0.2, 0.25) is 5.02 Å². The average Bonchev–Trinajstić information content (AvgIpc) is 3.31. The summed E-state index contributed by atoms with van der Waals surface area (Å²) in [7, 11) is 0. The van der Waals surface area contributed by atoms with Crippen LogP contribution in [0.4, 0.5) is 0 Å². The fraction of sp³-hybridized carbons (Fsp3) is 0.364. The number of piperidine rings is 1. The highest BCUT2D eigenvalue weighted by atomic mass is 35.5. The molecule has 31 heavy (non-hydrogen) atoms. The number of aromatic amines is 1. The third-order valence-corrected chi connectivity index (χ3v) is 5.85. The predicted octanol–water partition coefficient (Wildman–Crippen LogP) is 3.07. The van der Waals surface area contributed by atoms with Crippen molar-refractivity contribution >= 4 is 34.3 Å². The molecule has 0 spiro atoms. The number of nitrogens with zero attached hydrogens (tertiary/aromatic N) is 3. The van der Waals surface area contributed by atoms with Crippen LogP contribution in [-0.2, 0) is 11.3 Å². The minimum Gasteiger partial charge on any atom is -0.459 e. The molecule has 1 aliphatic rings. The lowest BCUT2D eigenvalue weighted by Crippen LogP contribution is -2.44. The Morgan fingerprint density at radius 2 is 2.06 bits per heavy atom. The minimum atomic E-state index is -0.259. The SMILES string of the molecule is CCN(Cc1nc2cc(Cl)ccc2c(=O)[nH]1)C(=O)C1CCN(C(=O)c2ccco2)CC1. The summed E-state index contributed by atoms with van der Waals surface area (Å²) in [6.45, 7) is 3.58. The number of hydrogen-bond donors (Lipinski definition) is 1. The highest BCUT2D eigenvalue weighted by molar-refractivity contribution is 6.31. The molecule has 0 aliphatic carbocycles. The first-order chi connectivity index (χ1) is 15.0. The Morgan fingerprint density at radius 1 is 1.29 bits per heavy atom. The van der Waals surface area contributed by atoms with Crippen molar-refractivity contribution in [1.29, 1.82) is 0 Å². The summed E-state index contributed by atoms with van der Waals surface area (Å²) in [6.07, 6.45) is 2.64. The number of amides is 2. The fourth-order valence-corrected chi connectivity index (χ4v) is 4.07. The van der Waals surface area contributed by atoms with Crippen molar-refractivity contribution in [3.63, 3.8) is 0 Å². The predicted molar refractivity (Wildman–Crippen MR) is 116 cm³/mol. The van der Waals surface area contributed by atoms with Crippen LogP contribution in [0.1, 0.15) is 36.1 Å². The summed E-state index contributed by atoms with van der Waals surface area (Å²) in [6, 6.07) is 8.24. The van der Waals surface area contributed by atoms with E-state index in [0.29, 0.717) is 60.0 Å². The number of carbonyl (C=O) groups excluding carboxylic acids is 2. The molecule has 3 heterocycles. The molecule has 1 aromatic carbocycles. The van der Waals surface area contributed by atoms with Crippen molar-refractivity contribution in [3.05, 3.63) is 63.6 Å². The van der Waals surface area contributed by atoms with Crippen molar-refractivity contribution in [2.75, 3.05) is 19.6 Å². The monoisotopic (exact) mass is 442 g/mol. The van der Waals surface area contributed by atoms with E-state index in [1.807, 2.05) is 6.92 Å². The van der Waals surface area contributed by atoms with Crippen molar-refractivity contribution in [3.8, 4) is 0 Å². The number of aromatic nitrogens is 2. The molecule has 1 N–H and O–H groups in total. The highest BCUT2D eigenvalue weighted by Crippen LogP contribution is 2.22. The third-order valence-electron chi connectivity index (χ3n) is 5.62. The number of benzene rings is 1. The molecule has 2 aromatic heterocycles. The molecule has 162 valence electrons. The van der Waals surface area contributed by atoms with E-state index in [2.05, 4.69) is 9.97 Å². The van der Waals surface area contributed by atoms with Gasteiger partial charge in [0.05, 0.1) is 23.7 Å². The van der Waals surface area contributed by atoms with Gasteiger partial charge in [-0.15, -0.1) is 0 Å². The van der Waals surface area contributed by atoms with Crippen LogP contribution in [0.15, 0.2) is 45.8 Å². The number of rotatable bonds is 5. The largest absolute Gasteiger partial charge is 0.459 e. The lowest BCUT2D eigenvalue weighted by atomic mass is 9.95. The number of nitrogens with one attached hydrogen (secondary N) is 1. The van der Waals surface area contributed by atoms with Gasteiger partial charge < -0.3 is 19.2 Å². The second kappa shape index (κ2) is 8.93. The van der Waals surface area contributed by atoms with Gasteiger partial charge >= 0.3 is 0 Å². The fourth-order valence-electron chi connectivity index (χ4n) is 3.91. The molecule has 8 nitrogen and oxygen atoms in total. The molecule has 2 amide bonds. The second-order valence-electron chi connectivity index (χ2n) is 7.57. The van der Waals surface area contributed by atoms with Crippen LogP contribution in [-0.4, -0.2) is 51.2 Å².